The standard InChI is InChI=1S/C15H17NO2S/c1-10-9-16(15(17)18)7-6-12(10)14-8-11-4-2-3-5-13(11)19-14/h2-5,8,10,12H,6-7,9H2,1H3,(H,17,18). The average Bonchev–Trinajstić information content (AvgIpc) is 2.81. The van der Waals surface area contributed by atoms with Gasteiger partial charge in [-0.05, 0) is 35.8 Å². The second-order valence-corrected chi connectivity index (χ2v) is 6.40. The van der Waals surface area contributed by atoms with Gasteiger partial charge in [-0.3, -0.25) is 0 Å². The van der Waals surface area contributed by atoms with Crippen molar-refractivity contribution >= 4 is 27.5 Å². The van der Waals surface area contributed by atoms with Crippen molar-refractivity contribution in [1.82, 2.24) is 4.90 Å². The average molecular weight is 275 g/mol. The Balaban J connectivity index is 1.84. The molecule has 1 saturated heterocycles. The van der Waals surface area contributed by atoms with Gasteiger partial charge in [0.2, 0.25) is 0 Å². The number of nitrogens with zero attached hydrogens (tertiary/aromatic N) is 1. The first-order valence-corrected chi connectivity index (χ1v) is 7.43. The van der Waals surface area contributed by atoms with E-state index in [1.54, 1.807) is 0 Å². The molecule has 0 bridgehead atoms. The molecule has 0 aliphatic carbocycles. The summed E-state index contributed by atoms with van der Waals surface area (Å²) in [5.41, 5.74) is 0. The number of amides is 1. The van der Waals surface area contributed by atoms with E-state index >= 15 is 0 Å². The van der Waals surface area contributed by atoms with Crippen molar-refractivity contribution in [1.29, 1.82) is 0 Å². The summed E-state index contributed by atoms with van der Waals surface area (Å²) in [6, 6.07) is 10.7. The highest BCUT2D eigenvalue weighted by Gasteiger charge is 2.30. The van der Waals surface area contributed by atoms with E-state index < -0.39 is 6.09 Å². The highest BCUT2D eigenvalue weighted by molar-refractivity contribution is 7.19. The Morgan fingerprint density at radius 1 is 1.42 bits per heavy atom. The number of piperidine rings is 1. The molecular weight excluding hydrogens is 258 g/mol. The minimum absolute atomic E-state index is 0.387. The Kier molecular flexibility index (Phi) is 3.19. The molecule has 1 amide bonds. The highest BCUT2D eigenvalue weighted by atomic mass is 32.1. The first-order chi connectivity index (χ1) is 9.15. The van der Waals surface area contributed by atoms with Gasteiger partial charge in [0.1, 0.15) is 0 Å². The summed E-state index contributed by atoms with van der Waals surface area (Å²) in [6.45, 7) is 3.46. The van der Waals surface area contributed by atoms with E-state index in [9.17, 15) is 4.79 Å². The number of likely N-dealkylation sites (tertiary alicyclic amines) is 1. The lowest BCUT2D eigenvalue weighted by atomic mass is 9.86. The van der Waals surface area contributed by atoms with Gasteiger partial charge in [-0.1, -0.05) is 25.1 Å². The van der Waals surface area contributed by atoms with Crippen LogP contribution in [0.25, 0.3) is 10.1 Å². The third-order valence-corrected chi connectivity index (χ3v) is 5.23. The Morgan fingerprint density at radius 2 is 2.21 bits per heavy atom. The zero-order chi connectivity index (χ0) is 13.4. The lowest BCUT2D eigenvalue weighted by Gasteiger charge is -2.34. The van der Waals surface area contributed by atoms with E-state index in [0.29, 0.717) is 24.9 Å². The second-order valence-electron chi connectivity index (χ2n) is 5.29. The van der Waals surface area contributed by atoms with Crippen LogP contribution in [0.2, 0.25) is 0 Å². The zero-order valence-electron chi connectivity index (χ0n) is 10.9. The molecule has 0 spiro atoms. The summed E-state index contributed by atoms with van der Waals surface area (Å²) in [6.07, 6.45) is 0.141. The summed E-state index contributed by atoms with van der Waals surface area (Å²) in [5, 5.41) is 10.4. The van der Waals surface area contributed by atoms with Crippen LogP contribution in [0.4, 0.5) is 4.79 Å². The third-order valence-electron chi connectivity index (χ3n) is 3.99. The first kappa shape index (κ1) is 12.5. The predicted molar refractivity (Wildman–Crippen MR) is 77.9 cm³/mol. The highest BCUT2D eigenvalue weighted by Crippen LogP contribution is 2.39. The quantitative estimate of drug-likeness (QED) is 0.854. The Hall–Kier alpha value is -1.55. The molecule has 0 saturated carbocycles. The van der Waals surface area contributed by atoms with Crippen LogP contribution < -0.4 is 0 Å². The van der Waals surface area contributed by atoms with Gasteiger partial charge >= 0.3 is 6.09 Å². The maximum atomic E-state index is 11.0. The molecule has 1 N–H and O–H groups in total. The second kappa shape index (κ2) is 4.85. The van der Waals surface area contributed by atoms with E-state index in [0.717, 1.165) is 6.42 Å². The molecule has 2 atom stereocenters. The first-order valence-electron chi connectivity index (χ1n) is 6.61. The van der Waals surface area contributed by atoms with Crippen molar-refractivity contribution in [2.75, 3.05) is 13.1 Å². The number of fused-ring (bicyclic) bond motifs is 1. The van der Waals surface area contributed by atoms with Gasteiger partial charge in [-0.15, -0.1) is 11.3 Å². The van der Waals surface area contributed by atoms with Crippen molar-refractivity contribution < 1.29 is 9.90 Å². The number of hydrogen-bond acceptors (Lipinski definition) is 2. The van der Waals surface area contributed by atoms with Gasteiger partial charge in [0, 0.05) is 22.7 Å². The molecule has 2 aromatic rings. The molecule has 0 radical (unpaired) electrons. The molecule has 3 rings (SSSR count). The van der Waals surface area contributed by atoms with E-state index in [4.69, 9.17) is 5.11 Å². The molecule has 1 fully saturated rings. The fourth-order valence-corrected chi connectivity index (χ4v) is 4.26. The zero-order valence-corrected chi connectivity index (χ0v) is 11.7. The van der Waals surface area contributed by atoms with Crippen molar-refractivity contribution in [3.05, 3.63) is 35.2 Å². The molecule has 2 unspecified atom stereocenters. The molecule has 1 aliphatic rings. The fraction of sp³-hybridized carbons (Fsp3) is 0.400. The van der Waals surface area contributed by atoms with Crippen LogP contribution in [0.5, 0.6) is 0 Å². The number of rotatable bonds is 1. The third kappa shape index (κ3) is 2.32. The van der Waals surface area contributed by atoms with Gasteiger partial charge in [0.15, 0.2) is 0 Å². The van der Waals surface area contributed by atoms with Crippen molar-refractivity contribution in [2.45, 2.75) is 19.3 Å². The van der Waals surface area contributed by atoms with Gasteiger partial charge in [-0.2, -0.15) is 0 Å². The lowest BCUT2D eigenvalue weighted by Crippen LogP contribution is -2.41. The topological polar surface area (TPSA) is 40.5 Å². The molecule has 19 heavy (non-hydrogen) atoms. The lowest BCUT2D eigenvalue weighted by molar-refractivity contribution is 0.116. The van der Waals surface area contributed by atoms with Crippen LogP contribution in [0, 0.1) is 5.92 Å². The van der Waals surface area contributed by atoms with Crippen LogP contribution in [0.3, 0.4) is 0 Å². The molecular formula is C15H17NO2S. The van der Waals surface area contributed by atoms with Crippen LogP contribution in [0.15, 0.2) is 30.3 Å². The fourth-order valence-electron chi connectivity index (χ4n) is 2.93. The van der Waals surface area contributed by atoms with E-state index in [2.05, 4.69) is 37.3 Å². The number of benzene rings is 1. The molecule has 4 heteroatoms. The van der Waals surface area contributed by atoms with E-state index in [1.165, 1.54) is 19.9 Å². The summed E-state index contributed by atoms with van der Waals surface area (Å²) >= 11 is 1.85. The van der Waals surface area contributed by atoms with E-state index in [-0.39, 0.29) is 0 Å². The Bertz CT molecular complexity index is 574. The van der Waals surface area contributed by atoms with Crippen LogP contribution in [-0.4, -0.2) is 29.2 Å². The molecule has 100 valence electrons. The maximum absolute atomic E-state index is 11.0. The summed E-state index contributed by atoms with van der Waals surface area (Å²) in [7, 11) is 0. The SMILES string of the molecule is CC1CN(C(=O)O)CCC1c1cc2ccccc2s1. The van der Waals surface area contributed by atoms with Crippen LogP contribution in [-0.2, 0) is 0 Å². The minimum Gasteiger partial charge on any atom is -0.465 e. The normalized spacial score (nSPS) is 23.7. The molecule has 1 aromatic heterocycles. The number of carboxylic acid groups (broad SMARTS) is 1. The number of hydrogen-bond donors (Lipinski definition) is 1. The van der Waals surface area contributed by atoms with Crippen molar-refractivity contribution in [3.63, 3.8) is 0 Å². The monoisotopic (exact) mass is 275 g/mol. The van der Waals surface area contributed by atoms with Crippen LogP contribution >= 0.6 is 11.3 Å². The minimum atomic E-state index is -0.790. The summed E-state index contributed by atoms with van der Waals surface area (Å²) in [5.74, 6) is 0.880. The number of carbonyl (C=O) groups is 1. The number of thiophene rings is 1. The van der Waals surface area contributed by atoms with Gasteiger partial charge in [0.25, 0.3) is 0 Å². The van der Waals surface area contributed by atoms with Gasteiger partial charge in [0.05, 0.1) is 0 Å². The van der Waals surface area contributed by atoms with E-state index in [1.807, 2.05) is 11.3 Å². The van der Waals surface area contributed by atoms with Crippen LogP contribution in [0.1, 0.15) is 24.1 Å². The van der Waals surface area contributed by atoms with Crippen molar-refractivity contribution in [3.8, 4) is 0 Å². The Labute approximate surface area is 116 Å². The molecule has 2 heterocycles. The summed E-state index contributed by atoms with van der Waals surface area (Å²) in [4.78, 5) is 14.0. The molecule has 1 aliphatic heterocycles. The van der Waals surface area contributed by atoms with Crippen molar-refractivity contribution in [2.24, 2.45) is 5.92 Å². The smallest absolute Gasteiger partial charge is 0.407 e. The van der Waals surface area contributed by atoms with Gasteiger partial charge < -0.3 is 10.0 Å². The maximum Gasteiger partial charge on any atom is 0.407 e. The predicted octanol–water partition coefficient (Wildman–Crippen LogP) is 4.00. The summed E-state index contributed by atoms with van der Waals surface area (Å²) < 4.78 is 1.32. The van der Waals surface area contributed by atoms with Gasteiger partial charge in [-0.25, -0.2) is 4.79 Å². The molecule has 3 nitrogen and oxygen atoms in total. The molecule has 1 aromatic carbocycles. The largest absolute Gasteiger partial charge is 0.465 e. The Morgan fingerprint density at radius 3 is 2.89 bits per heavy atom.